The molecule has 2 aliphatic rings. The lowest BCUT2D eigenvalue weighted by Crippen LogP contribution is -2.50. The number of nitrogens with one attached hydrogen (secondary N) is 2. The number of hydrogen-bond acceptors (Lipinski definition) is 5. The summed E-state index contributed by atoms with van der Waals surface area (Å²) in [7, 11) is 0. The van der Waals surface area contributed by atoms with E-state index in [-0.39, 0.29) is 17.9 Å². The molecule has 1 aromatic carbocycles. The average Bonchev–Trinajstić information content (AvgIpc) is 2.84. The molecule has 0 aromatic heterocycles. The number of nitrogens with zero attached hydrogens (tertiary/aromatic N) is 1. The zero-order valence-corrected chi connectivity index (χ0v) is 18.1. The van der Waals surface area contributed by atoms with Crippen molar-refractivity contribution < 1.29 is 19.1 Å². The molecule has 1 fully saturated rings. The van der Waals surface area contributed by atoms with Gasteiger partial charge >= 0.3 is 6.09 Å². The minimum atomic E-state index is -0.559. The predicted octanol–water partition coefficient (Wildman–Crippen LogP) is 3.64. The first-order valence-electron chi connectivity index (χ1n) is 10.1. The monoisotopic (exact) mass is 419 g/mol. The number of likely N-dealkylation sites (tertiary alicyclic amines) is 1. The summed E-state index contributed by atoms with van der Waals surface area (Å²) in [5, 5.41) is 5.68. The number of anilines is 1. The molecule has 1 aromatic rings. The van der Waals surface area contributed by atoms with Gasteiger partial charge in [-0.3, -0.25) is 9.59 Å². The molecule has 1 unspecified atom stereocenters. The summed E-state index contributed by atoms with van der Waals surface area (Å²) in [6.45, 7) is 6.46. The van der Waals surface area contributed by atoms with Crippen molar-refractivity contribution >= 4 is 35.4 Å². The molecule has 2 heterocycles. The standard InChI is InChI=1S/C21H29N3O4S/c1-21(2,3)28-20(27)22-13-15-6-4-5-10-24(15)19(26)14-7-8-17-16(12-14)23-18(25)9-11-29-17/h7-8,12,15H,4-6,9-11,13H2,1-3H3,(H,22,27)(H,23,25). The molecule has 29 heavy (non-hydrogen) atoms. The molecule has 0 spiro atoms. The minimum absolute atomic E-state index is 0.0294. The quantitative estimate of drug-likeness (QED) is 0.781. The molecule has 3 amide bonds. The van der Waals surface area contributed by atoms with Gasteiger partial charge in [0.15, 0.2) is 0 Å². The Morgan fingerprint density at radius 1 is 1.31 bits per heavy atom. The highest BCUT2D eigenvalue weighted by Crippen LogP contribution is 2.32. The SMILES string of the molecule is CC(C)(C)OC(=O)NCC1CCCCN1C(=O)c1ccc2c(c1)NC(=O)CCS2. The average molecular weight is 420 g/mol. The Kier molecular flexibility index (Phi) is 6.72. The largest absolute Gasteiger partial charge is 0.444 e. The number of rotatable bonds is 3. The Morgan fingerprint density at radius 3 is 2.86 bits per heavy atom. The number of fused-ring (bicyclic) bond motifs is 1. The van der Waals surface area contributed by atoms with Gasteiger partial charge in [-0.1, -0.05) is 0 Å². The molecular formula is C21H29N3O4S. The third-order valence-electron chi connectivity index (χ3n) is 4.86. The predicted molar refractivity (Wildman–Crippen MR) is 113 cm³/mol. The number of alkyl carbamates (subject to hydrolysis) is 1. The molecule has 7 nitrogen and oxygen atoms in total. The Balaban J connectivity index is 1.69. The topological polar surface area (TPSA) is 87.7 Å². The van der Waals surface area contributed by atoms with Crippen LogP contribution in [0, 0.1) is 0 Å². The third-order valence-corrected chi connectivity index (χ3v) is 5.93. The van der Waals surface area contributed by atoms with Gasteiger partial charge in [-0.25, -0.2) is 4.79 Å². The van der Waals surface area contributed by atoms with Crippen LogP contribution in [0.2, 0.25) is 0 Å². The van der Waals surface area contributed by atoms with Gasteiger partial charge in [-0.2, -0.15) is 0 Å². The second-order valence-corrected chi connectivity index (χ2v) is 9.53. The molecule has 0 aliphatic carbocycles. The second kappa shape index (κ2) is 9.07. The lowest BCUT2D eigenvalue weighted by atomic mass is 10.0. The van der Waals surface area contributed by atoms with Crippen molar-refractivity contribution in [3.8, 4) is 0 Å². The number of thioether (sulfide) groups is 1. The van der Waals surface area contributed by atoms with Gasteiger partial charge in [-0.15, -0.1) is 11.8 Å². The first kappa shape index (κ1) is 21.5. The van der Waals surface area contributed by atoms with Crippen LogP contribution in [0.15, 0.2) is 23.1 Å². The number of hydrogen-bond donors (Lipinski definition) is 2. The Bertz CT molecular complexity index is 791. The maximum absolute atomic E-state index is 13.2. The summed E-state index contributed by atoms with van der Waals surface area (Å²) in [5.41, 5.74) is 0.690. The van der Waals surface area contributed by atoms with Crippen LogP contribution < -0.4 is 10.6 Å². The Labute approximate surface area is 175 Å². The van der Waals surface area contributed by atoms with Crippen LogP contribution in [0.5, 0.6) is 0 Å². The van der Waals surface area contributed by atoms with Crippen LogP contribution >= 0.6 is 11.8 Å². The van der Waals surface area contributed by atoms with E-state index in [9.17, 15) is 14.4 Å². The van der Waals surface area contributed by atoms with E-state index in [4.69, 9.17) is 4.74 Å². The number of ether oxygens (including phenoxy) is 1. The maximum atomic E-state index is 13.2. The Morgan fingerprint density at radius 2 is 2.10 bits per heavy atom. The molecule has 0 bridgehead atoms. The molecule has 0 radical (unpaired) electrons. The maximum Gasteiger partial charge on any atom is 0.407 e. The Hall–Kier alpha value is -2.22. The van der Waals surface area contributed by atoms with E-state index in [1.54, 1.807) is 17.8 Å². The second-order valence-electron chi connectivity index (χ2n) is 8.39. The third kappa shape index (κ3) is 5.88. The van der Waals surface area contributed by atoms with Gasteiger partial charge in [0.05, 0.1) is 5.69 Å². The molecule has 1 saturated heterocycles. The van der Waals surface area contributed by atoms with E-state index in [1.165, 1.54) is 0 Å². The van der Waals surface area contributed by atoms with Crippen LogP contribution in [-0.2, 0) is 9.53 Å². The van der Waals surface area contributed by atoms with Crippen LogP contribution in [0.1, 0.15) is 56.8 Å². The molecule has 8 heteroatoms. The van der Waals surface area contributed by atoms with Gasteiger partial charge < -0.3 is 20.3 Å². The smallest absolute Gasteiger partial charge is 0.407 e. The summed E-state index contributed by atoms with van der Waals surface area (Å²) in [6, 6.07) is 5.41. The molecule has 1 atom stereocenters. The highest BCUT2D eigenvalue weighted by atomic mass is 32.2. The molecular weight excluding hydrogens is 390 g/mol. The summed E-state index contributed by atoms with van der Waals surface area (Å²) in [6.07, 6.45) is 2.78. The van der Waals surface area contributed by atoms with E-state index >= 15 is 0 Å². The highest BCUT2D eigenvalue weighted by molar-refractivity contribution is 7.99. The van der Waals surface area contributed by atoms with E-state index in [0.717, 1.165) is 29.9 Å². The minimum Gasteiger partial charge on any atom is -0.444 e. The first-order valence-corrected chi connectivity index (χ1v) is 11.1. The van der Waals surface area contributed by atoms with Crippen molar-refractivity contribution in [2.24, 2.45) is 0 Å². The first-order chi connectivity index (χ1) is 13.7. The normalized spacial score (nSPS) is 19.6. The van der Waals surface area contributed by atoms with Crippen molar-refractivity contribution in [1.29, 1.82) is 0 Å². The van der Waals surface area contributed by atoms with Crippen LogP contribution in [0.3, 0.4) is 0 Å². The van der Waals surface area contributed by atoms with Crippen molar-refractivity contribution in [3.05, 3.63) is 23.8 Å². The number of piperidine rings is 1. The number of benzene rings is 1. The van der Waals surface area contributed by atoms with Gasteiger partial charge in [0.1, 0.15) is 5.60 Å². The molecule has 2 aliphatic heterocycles. The van der Waals surface area contributed by atoms with Crippen LogP contribution in [-0.4, -0.2) is 53.3 Å². The summed E-state index contributed by atoms with van der Waals surface area (Å²) < 4.78 is 5.30. The van der Waals surface area contributed by atoms with E-state index < -0.39 is 11.7 Å². The fourth-order valence-corrected chi connectivity index (χ4v) is 4.45. The van der Waals surface area contributed by atoms with Crippen molar-refractivity contribution in [3.63, 3.8) is 0 Å². The number of carbonyl (C=O) groups excluding carboxylic acids is 3. The fourth-order valence-electron chi connectivity index (χ4n) is 3.51. The highest BCUT2D eigenvalue weighted by Gasteiger charge is 2.29. The molecule has 3 rings (SSSR count). The number of carbonyl (C=O) groups is 3. The molecule has 0 saturated carbocycles. The van der Waals surface area contributed by atoms with Gasteiger partial charge in [-0.05, 0) is 58.2 Å². The fraction of sp³-hybridized carbons (Fsp3) is 0.571. The van der Waals surface area contributed by atoms with E-state index in [2.05, 4.69) is 10.6 Å². The van der Waals surface area contributed by atoms with Crippen molar-refractivity contribution in [2.45, 2.75) is 63.0 Å². The van der Waals surface area contributed by atoms with Crippen molar-refractivity contribution in [2.75, 3.05) is 24.2 Å². The van der Waals surface area contributed by atoms with Crippen LogP contribution in [0.25, 0.3) is 0 Å². The summed E-state index contributed by atoms with van der Waals surface area (Å²) >= 11 is 1.62. The van der Waals surface area contributed by atoms with Gasteiger partial charge in [0, 0.05) is 41.8 Å². The summed E-state index contributed by atoms with van der Waals surface area (Å²) in [4.78, 5) is 39.9. The molecule has 2 N–H and O–H groups in total. The lowest BCUT2D eigenvalue weighted by molar-refractivity contribution is -0.115. The van der Waals surface area contributed by atoms with E-state index in [0.29, 0.717) is 30.8 Å². The zero-order valence-electron chi connectivity index (χ0n) is 17.2. The lowest BCUT2D eigenvalue weighted by Gasteiger charge is -2.36. The van der Waals surface area contributed by atoms with Gasteiger partial charge in [0.25, 0.3) is 5.91 Å². The number of amides is 3. The summed E-state index contributed by atoms with van der Waals surface area (Å²) in [5.74, 6) is 0.627. The molecule has 158 valence electrons. The van der Waals surface area contributed by atoms with E-state index in [1.807, 2.05) is 37.8 Å². The zero-order chi connectivity index (χ0) is 21.0. The van der Waals surface area contributed by atoms with Gasteiger partial charge in [0.2, 0.25) is 5.91 Å². The van der Waals surface area contributed by atoms with Crippen molar-refractivity contribution in [1.82, 2.24) is 10.2 Å². The van der Waals surface area contributed by atoms with Crippen LogP contribution in [0.4, 0.5) is 10.5 Å².